The van der Waals surface area contributed by atoms with E-state index in [2.05, 4.69) is 27.8 Å². The molecule has 0 aliphatic carbocycles. The minimum atomic E-state index is -0.414. The lowest BCUT2D eigenvalue weighted by molar-refractivity contribution is -0.121. The quantitative estimate of drug-likeness (QED) is 0.622. The normalized spacial score (nSPS) is 18.6. The molecule has 1 aliphatic rings. The van der Waals surface area contributed by atoms with E-state index in [4.69, 9.17) is 0 Å². The van der Waals surface area contributed by atoms with Crippen LogP contribution in [0.25, 0.3) is 0 Å². The molecule has 0 aromatic carbocycles. The monoisotopic (exact) mass is 270 g/mol. The number of amides is 3. The van der Waals surface area contributed by atoms with E-state index in [9.17, 15) is 9.59 Å². The first kappa shape index (κ1) is 15.9. The Labute approximate surface area is 115 Å². The number of nitrogens with zero attached hydrogens (tertiary/aromatic N) is 1. The molecule has 1 unspecified atom stereocenters. The predicted octanol–water partition coefficient (Wildman–Crippen LogP) is 0.296. The van der Waals surface area contributed by atoms with Gasteiger partial charge in [-0.1, -0.05) is 6.92 Å². The molecule has 1 aliphatic heterocycles. The molecule has 6 heteroatoms. The molecule has 3 amide bonds. The summed E-state index contributed by atoms with van der Waals surface area (Å²) in [5.74, 6) is -0.239. The number of rotatable bonds is 7. The zero-order valence-corrected chi connectivity index (χ0v) is 12.0. The summed E-state index contributed by atoms with van der Waals surface area (Å²) in [6.45, 7) is 7.52. The third-order valence-electron chi connectivity index (χ3n) is 3.14. The first-order valence-corrected chi connectivity index (χ1v) is 7.19. The third kappa shape index (κ3) is 6.54. The van der Waals surface area contributed by atoms with Gasteiger partial charge in [0.1, 0.15) is 0 Å². The first-order chi connectivity index (χ1) is 9.15. The van der Waals surface area contributed by atoms with E-state index in [1.54, 1.807) is 0 Å². The SMILES string of the molecule is CCCN(CC(=O)NC(=O)NCC)CC1CCCN1. The number of carbonyl (C=O) groups excluding carboxylic acids is 2. The molecule has 1 fully saturated rings. The van der Waals surface area contributed by atoms with E-state index in [0.29, 0.717) is 12.6 Å². The largest absolute Gasteiger partial charge is 0.338 e. The fourth-order valence-corrected chi connectivity index (χ4v) is 2.35. The summed E-state index contributed by atoms with van der Waals surface area (Å²) in [5.41, 5.74) is 0. The van der Waals surface area contributed by atoms with Crippen molar-refractivity contribution in [3.63, 3.8) is 0 Å². The molecule has 0 spiro atoms. The summed E-state index contributed by atoms with van der Waals surface area (Å²) in [6, 6.07) is 0.0618. The molecule has 0 aromatic rings. The minimum Gasteiger partial charge on any atom is -0.338 e. The Bertz CT molecular complexity index is 290. The summed E-state index contributed by atoms with van der Waals surface area (Å²) in [4.78, 5) is 25.1. The van der Waals surface area contributed by atoms with E-state index in [0.717, 1.165) is 32.5 Å². The summed E-state index contributed by atoms with van der Waals surface area (Å²) in [5, 5.41) is 8.32. The molecule has 1 rings (SSSR count). The van der Waals surface area contributed by atoms with Gasteiger partial charge in [-0.05, 0) is 39.3 Å². The molecule has 0 bridgehead atoms. The fraction of sp³-hybridized carbons (Fsp3) is 0.846. The zero-order chi connectivity index (χ0) is 14.1. The van der Waals surface area contributed by atoms with Crippen LogP contribution in [0, 0.1) is 0 Å². The lowest BCUT2D eigenvalue weighted by atomic mass is 10.2. The van der Waals surface area contributed by atoms with Gasteiger partial charge in [-0.3, -0.25) is 15.0 Å². The maximum atomic E-state index is 11.8. The fourth-order valence-electron chi connectivity index (χ4n) is 2.35. The molecule has 3 N–H and O–H groups in total. The van der Waals surface area contributed by atoms with Crippen LogP contribution in [0.5, 0.6) is 0 Å². The summed E-state index contributed by atoms with van der Waals surface area (Å²) in [6.07, 6.45) is 3.37. The number of urea groups is 1. The highest BCUT2D eigenvalue weighted by Crippen LogP contribution is 2.07. The van der Waals surface area contributed by atoms with Crippen molar-refractivity contribution in [1.82, 2.24) is 20.9 Å². The van der Waals surface area contributed by atoms with E-state index in [1.807, 2.05) is 6.92 Å². The molecule has 1 saturated heterocycles. The molecule has 110 valence electrons. The molecular weight excluding hydrogens is 244 g/mol. The van der Waals surface area contributed by atoms with Gasteiger partial charge in [-0.15, -0.1) is 0 Å². The molecule has 6 nitrogen and oxygen atoms in total. The Hall–Kier alpha value is -1.14. The van der Waals surface area contributed by atoms with Gasteiger partial charge in [0.25, 0.3) is 0 Å². The van der Waals surface area contributed by atoms with Gasteiger partial charge in [-0.25, -0.2) is 4.79 Å². The van der Waals surface area contributed by atoms with Crippen molar-refractivity contribution < 1.29 is 9.59 Å². The van der Waals surface area contributed by atoms with Gasteiger partial charge in [0.2, 0.25) is 5.91 Å². The second kappa shape index (κ2) is 8.87. The van der Waals surface area contributed by atoms with Crippen molar-refractivity contribution in [3.8, 4) is 0 Å². The lowest BCUT2D eigenvalue weighted by Crippen LogP contribution is -2.47. The third-order valence-corrected chi connectivity index (χ3v) is 3.14. The van der Waals surface area contributed by atoms with Gasteiger partial charge in [0.15, 0.2) is 0 Å². The minimum absolute atomic E-state index is 0.239. The lowest BCUT2D eigenvalue weighted by Gasteiger charge is -2.24. The van der Waals surface area contributed by atoms with Crippen LogP contribution in [0.15, 0.2) is 0 Å². The van der Waals surface area contributed by atoms with Crippen LogP contribution in [-0.4, -0.2) is 55.6 Å². The highest BCUT2D eigenvalue weighted by atomic mass is 16.2. The summed E-state index contributed by atoms with van der Waals surface area (Å²) >= 11 is 0. The topological polar surface area (TPSA) is 73.5 Å². The zero-order valence-electron chi connectivity index (χ0n) is 12.0. The number of imide groups is 1. The van der Waals surface area contributed by atoms with Crippen molar-refractivity contribution >= 4 is 11.9 Å². The van der Waals surface area contributed by atoms with Crippen molar-refractivity contribution in [2.45, 2.75) is 39.2 Å². The Kier molecular flexibility index (Phi) is 7.43. The second-order valence-electron chi connectivity index (χ2n) is 4.94. The highest BCUT2D eigenvalue weighted by molar-refractivity contribution is 5.95. The summed E-state index contributed by atoms with van der Waals surface area (Å²) in [7, 11) is 0. The van der Waals surface area contributed by atoms with Crippen LogP contribution in [0.1, 0.15) is 33.1 Å². The van der Waals surface area contributed by atoms with Crippen molar-refractivity contribution in [2.75, 3.05) is 32.7 Å². The highest BCUT2D eigenvalue weighted by Gasteiger charge is 2.19. The average Bonchev–Trinajstić information content (AvgIpc) is 2.82. The predicted molar refractivity (Wildman–Crippen MR) is 75.0 cm³/mol. The second-order valence-corrected chi connectivity index (χ2v) is 4.94. The maximum Gasteiger partial charge on any atom is 0.321 e. The average molecular weight is 270 g/mol. The van der Waals surface area contributed by atoms with Crippen molar-refractivity contribution in [2.24, 2.45) is 0 Å². The van der Waals surface area contributed by atoms with E-state index < -0.39 is 6.03 Å². The summed E-state index contributed by atoms with van der Waals surface area (Å²) < 4.78 is 0. The molecular formula is C13H26N4O2. The van der Waals surface area contributed by atoms with Crippen molar-refractivity contribution in [3.05, 3.63) is 0 Å². The smallest absolute Gasteiger partial charge is 0.321 e. The molecule has 0 saturated carbocycles. The Morgan fingerprint density at radius 2 is 2.16 bits per heavy atom. The van der Waals surface area contributed by atoms with Gasteiger partial charge in [0.05, 0.1) is 6.54 Å². The van der Waals surface area contributed by atoms with Gasteiger partial charge >= 0.3 is 6.03 Å². The van der Waals surface area contributed by atoms with Crippen molar-refractivity contribution in [1.29, 1.82) is 0 Å². The standard InChI is InChI=1S/C13H26N4O2/c1-3-8-17(9-11-6-5-7-15-11)10-12(18)16-13(19)14-4-2/h11,15H,3-10H2,1-2H3,(H2,14,16,18,19). The Balaban J connectivity index is 2.34. The van der Waals surface area contributed by atoms with Crippen LogP contribution in [0.3, 0.4) is 0 Å². The van der Waals surface area contributed by atoms with E-state index in [1.165, 1.54) is 6.42 Å². The van der Waals surface area contributed by atoms with Crippen LogP contribution >= 0.6 is 0 Å². The first-order valence-electron chi connectivity index (χ1n) is 7.19. The molecule has 0 radical (unpaired) electrons. The number of hydrogen-bond acceptors (Lipinski definition) is 4. The Morgan fingerprint density at radius 3 is 2.74 bits per heavy atom. The van der Waals surface area contributed by atoms with Crippen LogP contribution in [0.2, 0.25) is 0 Å². The van der Waals surface area contributed by atoms with Gasteiger partial charge < -0.3 is 10.6 Å². The van der Waals surface area contributed by atoms with Gasteiger partial charge in [0, 0.05) is 19.1 Å². The van der Waals surface area contributed by atoms with Crippen LogP contribution in [0.4, 0.5) is 4.79 Å². The van der Waals surface area contributed by atoms with Gasteiger partial charge in [-0.2, -0.15) is 0 Å². The number of hydrogen-bond donors (Lipinski definition) is 3. The van der Waals surface area contributed by atoms with E-state index >= 15 is 0 Å². The number of nitrogens with one attached hydrogen (secondary N) is 3. The molecule has 1 heterocycles. The number of carbonyl (C=O) groups is 2. The molecule has 1 atom stereocenters. The van der Waals surface area contributed by atoms with Crippen LogP contribution in [-0.2, 0) is 4.79 Å². The maximum absolute atomic E-state index is 11.8. The van der Waals surface area contributed by atoms with E-state index in [-0.39, 0.29) is 12.5 Å². The molecule has 19 heavy (non-hydrogen) atoms. The Morgan fingerprint density at radius 1 is 1.37 bits per heavy atom. The van der Waals surface area contributed by atoms with Crippen LogP contribution < -0.4 is 16.0 Å². The molecule has 0 aromatic heterocycles.